The summed E-state index contributed by atoms with van der Waals surface area (Å²) in [6.07, 6.45) is -1.20. The topological polar surface area (TPSA) is 54.8 Å². The standard InChI is InChI=1S/C21H16F3N5/c1-29(13-15-4-2-6-18-17(15)5-3-11-25-18)20-27-19(12-26-28-20)14-7-9-16(10-8-14)21(22,23)24/h2-12H,13H2,1H3. The quantitative estimate of drug-likeness (QED) is 0.500. The van der Waals surface area contributed by atoms with Crippen LogP contribution in [0.5, 0.6) is 0 Å². The molecule has 4 rings (SSSR count). The Bertz CT molecular complexity index is 1140. The van der Waals surface area contributed by atoms with Crippen LogP contribution < -0.4 is 4.90 Å². The molecule has 2 aromatic carbocycles. The summed E-state index contributed by atoms with van der Waals surface area (Å²) in [5, 5.41) is 9.07. The predicted octanol–water partition coefficient (Wildman–Crippen LogP) is 4.74. The number of pyridine rings is 1. The van der Waals surface area contributed by atoms with E-state index >= 15 is 0 Å². The zero-order valence-corrected chi connectivity index (χ0v) is 15.4. The van der Waals surface area contributed by atoms with Gasteiger partial charge in [-0.1, -0.05) is 30.3 Å². The van der Waals surface area contributed by atoms with Crippen LogP contribution in [0.2, 0.25) is 0 Å². The van der Waals surface area contributed by atoms with Crippen molar-refractivity contribution in [3.8, 4) is 11.3 Å². The van der Waals surface area contributed by atoms with E-state index in [0.29, 0.717) is 23.8 Å². The highest BCUT2D eigenvalue weighted by atomic mass is 19.4. The van der Waals surface area contributed by atoms with Crippen molar-refractivity contribution in [3.05, 3.63) is 78.1 Å². The van der Waals surface area contributed by atoms with Crippen molar-refractivity contribution in [2.45, 2.75) is 12.7 Å². The fourth-order valence-corrected chi connectivity index (χ4v) is 3.06. The Balaban J connectivity index is 1.60. The van der Waals surface area contributed by atoms with Crippen LogP contribution in [-0.2, 0) is 12.7 Å². The number of hydrogen-bond donors (Lipinski definition) is 0. The molecule has 0 unspecified atom stereocenters. The maximum absolute atomic E-state index is 12.8. The van der Waals surface area contributed by atoms with Crippen molar-refractivity contribution in [2.75, 3.05) is 11.9 Å². The molecule has 0 fully saturated rings. The van der Waals surface area contributed by atoms with Crippen LogP contribution >= 0.6 is 0 Å². The van der Waals surface area contributed by atoms with Gasteiger partial charge in [0.15, 0.2) is 0 Å². The fourth-order valence-electron chi connectivity index (χ4n) is 3.06. The third-order valence-electron chi connectivity index (χ3n) is 4.54. The molecule has 0 saturated heterocycles. The monoisotopic (exact) mass is 395 g/mol. The number of halogens is 3. The molecule has 146 valence electrons. The van der Waals surface area contributed by atoms with E-state index in [0.717, 1.165) is 28.6 Å². The minimum atomic E-state index is -4.37. The molecule has 5 nitrogen and oxygen atoms in total. The highest BCUT2D eigenvalue weighted by Crippen LogP contribution is 2.30. The Kier molecular flexibility index (Phi) is 4.84. The lowest BCUT2D eigenvalue weighted by molar-refractivity contribution is -0.137. The number of anilines is 1. The Hall–Kier alpha value is -3.55. The zero-order chi connectivity index (χ0) is 20.4. The first-order chi connectivity index (χ1) is 13.9. The van der Waals surface area contributed by atoms with Gasteiger partial charge in [0.25, 0.3) is 0 Å². The van der Waals surface area contributed by atoms with Crippen LogP contribution in [0.4, 0.5) is 19.1 Å². The van der Waals surface area contributed by atoms with E-state index in [4.69, 9.17) is 0 Å². The molecule has 2 aromatic heterocycles. The molecular formula is C21H16F3N5. The zero-order valence-electron chi connectivity index (χ0n) is 15.4. The van der Waals surface area contributed by atoms with Crippen molar-refractivity contribution in [2.24, 2.45) is 0 Å². The minimum Gasteiger partial charge on any atom is -0.338 e. The van der Waals surface area contributed by atoms with Gasteiger partial charge in [-0.25, -0.2) is 4.98 Å². The SMILES string of the molecule is CN(Cc1cccc2ncccc12)c1nncc(-c2ccc(C(F)(F)F)cc2)n1. The van der Waals surface area contributed by atoms with Gasteiger partial charge in [0.2, 0.25) is 5.95 Å². The van der Waals surface area contributed by atoms with Gasteiger partial charge < -0.3 is 4.90 Å². The summed E-state index contributed by atoms with van der Waals surface area (Å²) in [5.41, 5.74) is 2.25. The predicted molar refractivity (Wildman–Crippen MR) is 104 cm³/mol. The van der Waals surface area contributed by atoms with Crippen LogP contribution in [0, 0.1) is 0 Å². The molecule has 0 spiro atoms. The van der Waals surface area contributed by atoms with Crippen LogP contribution in [0.25, 0.3) is 22.2 Å². The summed E-state index contributed by atoms with van der Waals surface area (Å²) < 4.78 is 38.3. The Morgan fingerprint density at radius 3 is 2.52 bits per heavy atom. The van der Waals surface area contributed by atoms with E-state index in [-0.39, 0.29) is 0 Å². The molecule has 0 aliphatic carbocycles. The minimum absolute atomic E-state index is 0.378. The van der Waals surface area contributed by atoms with Gasteiger partial charge in [0.05, 0.1) is 23.0 Å². The van der Waals surface area contributed by atoms with E-state index in [1.807, 2.05) is 42.3 Å². The van der Waals surface area contributed by atoms with Gasteiger partial charge in [0.1, 0.15) is 0 Å². The number of rotatable bonds is 4. The van der Waals surface area contributed by atoms with E-state index in [2.05, 4.69) is 20.2 Å². The molecule has 0 saturated carbocycles. The second kappa shape index (κ2) is 7.46. The van der Waals surface area contributed by atoms with Gasteiger partial charge in [-0.15, -0.1) is 5.10 Å². The molecule has 0 N–H and O–H groups in total. The first kappa shape index (κ1) is 18.8. The first-order valence-electron chi connectivity index (χ1n) is 8.83. The Labute approximate surface area is 164 Å². The van der Waals surface area contributed by atoms with Crippen LogP contribution in [0.3, 0.4) is 0 Å². The van der Waals surface area contributed by atoms with Crippen molar-refractivity contribution in [1.29, 1.82) is 0 Å². The number of benzene rings is 2. The molecule has 29 heavy (non-hydrogen) atoms. The normalized spacial score (nSPS) is 11.6. The van der Waals surface area contributed by atoms with E-state index in [9.17, 15) is 13.2 Å². The molecule has 4 aromatic rings. The lowest BCUT2D eigenvalue weighted by atomic mass is 10.1. The number of aromatic nitrogens is 4. The van der Waals surface area contributed by atoms with Gasteiger partial charge in [-0.05, 0) is 29.8 Å². The average molecular weight is 395 g/mol. The molecule has 0 atom stereocenters. The van der Waals surface area contributed by atoms with Crippen LogP contribution in [0.15, 0.2) is 67.0 Å². The summed E-state index contributed by atoms with van der Waals surface area (Å²) in [7, 11) is 1.84. The highest BCUT2D eigenvalue weighted by molar-refractivity contribution is 5.82. The number of alkyl halides is 3. The third-order valence-corrected chi connectivity index (χ3v) is 4.54. The lowest BCUT2D eigenvalue weighted by Crippen LogP contribution is -2.20. The smallest absolute Gasteiger partial charge is 0.338 e. The molecule has 0 aliphatic rings. The Morgan fingerprint density at radius 2 is 1.76 bits per heavy atom. The molecule has 2 heterocycles. The molecule has 0 bridgehead atoms. The van der Waals surface area contributed by atoms with Gasteiger partial charge in [-0.2, -0.15) is 18.3 Å². The molecular weight excluding hydrogens is 379 g/mol. The van der Waals surface area contributed by atoms with Crippen LogP contribution in [0.1, 0.15) is 11.1 Å². The number of nitrogens with zero attached hydrogens (tertiary/aromatic N) is 5. The fraction of sp³-hybridized carbons (Fsp3) is 0.143. The Morgan fingerprint density at radius 1 is 0.966 bits per heavy atom. The molecule has 8 heteroatoms. The summed E-state index contributed by atoms with van der Waals surface area (Å²) in [4.78, 5) is 10.7. The molecule has 0 radical (unpaired) electrons. The lowest BCUT2D eigenvalue weighted by Gasteiger charge is -2.18. The van der Waals surface area contributed by atoms with Gasteiger partial charge in [0, 0.05) is 30.7 Å². The van der Waals surface area contributed by atoms with Crippen molar-refractivity contribution < 1.29 is 13.2 Å². The van der Waals surface area contributed by atoms with Crippen molar-refractivity contribution >= 4 is 16.9 Å². The molecule has 0 aliphatic heterocycles. The third kappa shape index (κ3) is 4.01. The van der Waals surface area contributed by atoms with Crippen LogP contribution in [-0.4, -0.2) is 27.2 Å². The maximum atomic E-state index is 12.8. The van der Waals surface area contributed by atoms with Crippen molar-refractivity contribution in [3.63, 3.8) is 0 Å². The summed E-state index contributed by atoms with van der Waals surface area (Å²) >= 11 is 0. The second-order valence-electron chi connectivity index (χ2n) is 6.56. The van der Waals surface area contributed by atoms with E-state index < -0.39 is 11.7 Å². The highest BCUT2D eigenvalue weighted by Gasteiger charge is 2.30. The second-order valence-corrected chi connectivity index (χ2v) is 6.56. The van der Waals surface area contributed by atoms with Gasteiger partial charge >= 0.3 is 6.18 Å². The summed E-state index contributed by atoms with van der Waals surface area (Å²) in [6, 6.07) is 14.6. The molecule has 0 amide bonds. The first-order valence-corrected chi connectivity index (χ1v) is 8.83. The average Bonchev–Trinajstić information content (AvgIpc) is 2.73. The van der Waals surface area contributed by atoms with E-state index in [1.165, 1.54) is 18.3 Å². The van der Waals surface area contributed by atoms with Gasteiger partial charge in [-0.3, -0.25) is 4.98 Å². The number of fused-ring (bicyclic) bond motifs is 1. The van der Waals surface area contributed by atoms with E-state index in [1.54, 1.807) is 6.20 Å². The van der Waals surface area contributed by atoms with Crippen molar-refractivity contribution in [1.82, 2.24) is 20.2 Å². The summed E-state index contributed by atoms with van der Waals surface area (Å²) in [5.74, 6) is 0.378. The largest absolute Gasteiger partial charge is 0.416 e. The maximum Gasteiger partial charge on any atom is 0.416 e. The summed E-state index contributed by atoms with van der Waals surface area (Å²) in [6.45, 7) is 0.529. The number of hydrogen-bond acceptors (Lipinski definition) is 5.